The van der Waals surface area contributed by atoms with Crippen LogP contribution in [0.15, 0.2) is 24.3 Å². The standard InChI is InChI=1S/C16H24FNO4S/c1-3-18(15-6-4-5-14(17)11-15)23(19,20)12-16(21-2)13-7-9-22-10-8-13/h4-6,11,13,16H,3,7-10,12H2,1-2H3/t16-/m1/s1. The van der Waals surface area contributed by atoms with E-state index in [1.54, 1.807) is 13.0 Å². The first-order valence-corrected chi connectivity index (χ1v) is 9.45. The number of methoxy groups -OCH3 is 1. The van der Waals surface area contributed by atoms with Crippen LogP contribution in [0.5, 0.6) is 0 Å². The second-order valence-electron chi connectivity index (χ2n) is 5.65. The molecule has 0 bridgehead atoms. The van der Waals surface area contributed by atoms with Crippen LogP contribution in [0.4, 0.5) is 10.1 Å². The van der Waals surface area contributed by atoms with Gasteiger partial charge in [0, 0.05) is 26.9 Å². The van der Waals surface area contributed by atoms with E-state index in [4.69, 9.17) is 9.47 Å². The Bertz CT molecular complexity index is 602. The van der Waals surface area contributed by atoms with Gasteiger partial charge in [-0.1, -0.05) is 6.07 Å². The summed E-state index contributed by atoms with van der Waals surface area (Å²) in [6.45, 7) is 3.24. The molecule has 1 atom stereocenters. The van der Waals surface area contributed by atoms with Gasteiger partial charge in [-0.3, -0.25) is 4.31 Å². The Kier molecular flexibility index (Phi) is 6.38. The first-order valence-electron chi connectivity index (χ1n) is 7.84. The van der Waals surface area contributed by atoms with Crippen molar-refractivity contribution in [3.63, 3.8) is 0 Å². The number of rotatable bonds is 7. The highest BCUT2D eigenvalue weighted by Gasteiger charge is 2.31. The molecule has 7 heteroatoms. The summed E-state index contributed by atoms with van der Waals surface area (Å²) in [5, 5.41) is 0. The average Bonchev–Trinajstić information content (AvgIpc) is 2.54. The summed E-state index contributed by atoms with van der Waals surface area (Å²) in [5.74, 6) is -0.406. The van der Waals surface area contributed by atoms with Crippen LogP contribution >= 0.6 is 0 Å². The summed E-state index contributed by atoms with van der Waals surface area (Å²) in [6.07, 6.45) is 1.20. The van der Waals surface area contributed by atoms with E-state index in [9.17, 15) is 12.8 Å². The summed E-state index contributed by atoms with van der Waals surface area (Å²) in [5.41, 5.74) is 0.342. The summed E-state index contributed by atoms with van der Waals surface area (Å²) in [6, 6.07) is 5.64. The van der Waals surface area contributed by atoms with E-state index in [2.05, 4.69) is 0 Å². The van der Waals surface area contributed by atoms with Gasteiger partial charge >= 0.3 is 0 Å². The molecule has 1 heterocycles. The van der Waals surface area contributed by atoms with Crippen molar-refractivity contribution in [3.8, 4) is 0 Å². The van der Waals surface area contributed by atoms with E-state index >= 15 is 0 Å². The van der Waals surface area contributed by atoms with E-state index < -0.39 is 15.8 Å². The molecule has 0 spiro atoms. The number of benzene rings is 1. The molecule has 0 aromatic heterocycles. The van der Waals surface area contributed by atoms with Crippen molar-refractivity contribution in [1.29, 1.82) is 0 Å². The number of halogens is 1. The second-order valence-corrected chi connectivity index (χ2v) is 7.59. The molecule has 1 aliphatic rings. The Hall–Kier alpha value is -1.18. The maximum Gasteiger partial charge on any atom is 0.237 e. The van der Waals surface area contributed by atoms with Crippen LogP contribution in [-0.4, -0.2) is 47.1 Å². The van der Waals surface area contributed by atoms with Gasteiger partial charge < -0.3 is 9.47 Å². The van der Waals surface area contributed by atoms with Gasteiger partial charge in [0.05, 0.1) is 17.5 Å². The van der Waals surface area contributed by atoms with Gasteiger partial charge in [0.25, 0.3) is 0 Å². The van der Waals surface area contributed by atoms with Crippen molar-refractivity contribution in [2.75, 3.05) is 36.9 Å². The zero-order valence-corrected chi connectivity index (χ0v) is 14.4. The molecule has 0 amide bonds. The fraction of sp³-hybridized carbons (Fsp3) is 0.625. The first-order chi connectivity index (χ1) is 11.0. The van der Waals surface area contributed by atoms with Crippen LogP contribution in [0.1, 0.15) is 19.8 Å². The smallest absolute Gasteiger partial charge is 0.237 e. The Morgan fingerprint density at radius 2 is 2.09 bits per heavy atom. The average molecular weight is 345 g/mol. The molecular weight excluding hydrogens is 321 g/mol. The molecule has 1 aliphatic heterocycles. The molecule has 1 aromatic carbocycles. The molecule has 0 unspecified atom stereocenters. The minimum Gasteiger partial charge on any atom is -0.381 e. The Balaban J connectivity index is 2.17. The molecule has 130 valence electrons. The van der Waals surface area contributed by atoms with Gasteiger partial charge in [0.2, 0.25) is 10.0 Å². The summed E-state index contributed by atoms with van der Waals surface area (Å²) in [4.78, 5) is 0. The number of anilines is 1. The Labute approximate surface area is 137 Å². The van der Waals surface area contributed by atoms with Crippen LogP contribution < -0.4 is 4.31 Å². The number of nitrogens with zero attached hydrogens (tertiary/aromatic N) is 1. The molecule has 5 nitrogen and oxygen atoms in total. The maximum atomic E-state index is 13.4. The fourth-order valence-corrected chi connectivity index (χ4v) is 4.78. The highest BCUT2D eigenvalue weighted by atomic mass is 32.2. The van der Waals surface area contributed by atoms with E-state index in [-0.39, 0.29) is 24.3 Å². The van der Waals surface area contributed by atoms with Crippen molar-refractivity contribution < 1.29 is 22.3 Å². The zero-order chi connectivity index (χ0) is 16.9. The van der Waals surface area contributed by atoms with Crippen LogP contribution in [-0.2, 0) is 19.5 Å². The van der Waals surface area contributed by atoms with Crippen molar-refractivity contribution in [2.24, 2.45) is 5.92 Å². The third kappa shape index (κ3) is 4.65. The van der Waals surface area contributed by atoms with Crippen molar-refractivity contribution in [1.82, 2.24) is 0 Å². The molecule has 0 saturated carbocycles. The van der Waals surface area contributed by atoms with Gasteiger partial charge in [0.1, 0.15) is 5.82 Å². The normalized spacial score (nSPS) is 17.9. The molecule has 0 N–H and O–H groups in total. The molecule has 1 fully saturated rings. The Morgan fingerprint density at radius 3 is 2.65 bits per heavy atom. The van der Waals surface area contributed by atoms with Gasteiger partial charge in [-0.05, 0) is 43.9 Å². The topological polar surface area (TPSA) is 55.8 Å². The summed E-state index contributed by atoms with van der Waals surface area (Å²) < 4.78 is 51.0. The molecule has 1 saturated heterocycles. The lowest BCUT2D eigenvalue weighted by Gasteiger charge is -2.31. The Morgan fingerprint density at radius 1 is 1.39 bits per heavy atom. The third-order valence-corrected chi connectivity index (χ3v) is 6.08. The monoisotopic (exact) mass is 345 g/mol. The lowest BCUT2D eigenvalue weighted by atomic mass is 9.95. The van der Waals surface area contributed by atoms with Gasteiger partial charge in [-0.25, -0.2) is 12.8 Å². The molecular formula is C16H24FNO4S. The van der Waals surface area contributed by atoms with E-state index in [0.717, 1.165) is 12.8 Å². The number of sulfonamides is 1. The van der Waals surface area contributed by atoms with Gasteiger partial charge in [-0.2, -0.15) is 0 Å². The molecule has 1 aromatic rings. The van der Waals surface area contributed by atoms with Crippen LogP contribution in [0.3, 0.4) is 0 Å². The quantitative estimate of drug-likeness (QED) is 0.762. The highest BCUT2D eigenvalue weighted by molar-refractivity contribution is 7.92. The van der Waals surface area contributed by atoms with E-state index in [0.29, 0.717) is 18.9 Å². The number of ether oxygens (including phenoxy) is 2. The molecule has 0 radical (unpaired) electrons. The van der Waals surface area contributed by atoms with Gasteiger partial charge in [-0.15, -0.1) is 0 Å². The van der Waals surface area contributed by atoms with E-state index in [1.165, 1.54) is 29.6 Å². The minimum atomic E-state index is -3.60. The van der Waals surface area contributed by atoms with Crippen LogP contribution in [0, 0.1) is 11.7 Å². The zero-order valence-electron chi connectivity index (χ0n) is 13.6. The number of hydrogen-bond acceptors (Lipinski definition) is 4. The number of hydrogen-bond donors (Lipinski definition) is 0. The van der Waals surface area contributed by atoms with Crippen molar-refractivity contribution in [3.05, 3.63) is 30.1 Å². The fourth-order valence-electron chi connectivity index (χ4n) is 2.95. The molecule has 2 rings (SSSR count). The molecule has 0 aliphatic carbocycles. The highest BCUT2D eigenvalue weighted by Crippen LogP contribution is 2.25. The van der Waals surface area contributed by atoms with Crippen molar-refractivity contribution in [2.45, 2.75) is 25.9 Å². The lowest BCUT2D eigenvalue weighted by Crippen LogP contribution is -2.41. The lowest BCUT2D eigenvalue weighted by molar-refractivity contribution is -0.00324. The maximum absolute atomic E-state index is 13.4. The largest absolute Gasteiger partial charge is 0.381 e. The van der Waals surface area contributed by atoms with Crippen molar-refractivity contribution >= 4 is 15.7 Å². The SMILES string of the molecule is CCN(c1cccc(F)c1)S(=O)(=O)C[C@@H](OC)C1CCOCC1. The predicted molar refractivity (Wildman–Crippen MR) is 87.5 cm³/mol. The van der Waals surface area contributed by atoms with E-state index in [1.807, 2.05) is 0 Å². The second kappa shape index (κ2) is 8.08. The third-order valence-electron chi connectivity index (χ3n) is 4.19. The first kappa shape index (κ1) is 18.2. The summed E-state index contributed by atoms with van der Waals surface area (Å²) in [7, 11) is -2.07. The van der Waals surface area contributed by atoms with Crippen LogP contribution in [0.2, 0.25) is 0 Å². The minimum absolute atomic E-state index is 0.113. The van der Waals surface area contributed by atoms with Gasteiger partial charge in [0.15, 0.2) is 0 Å². The predicted octanol–water partition coefficient (Wildman–Crippen LogP) is 2.42. The molecule has 23 heavy (non-hydrogen) atoms. The van der Waals surface area contributed by atoms with Crippen LogP contribution in [0.25, 0.3) is 0 Å². The summed E-state index contributed by atoms with van der Waals surface area (Å²) >= 11 is 0.